The van der Waals surface area contributed by atoms with Crippen LogP contribution in [0.1, 0.15) is 56.3 Å². The first-order chi connectivity index (χ1) is 13.0. The van der Waals surface area contributed by atoms with Crippen molar-refractivity contribution >= 4 is 17.5 Å². The van der Waals surface area contributed by atoms with Crippen LogP contribution in [0.4, 0.5) is 5.82 Å². The number of Topliss-reactive ketones (excluding diaryl/α,β-unsaturated/α-hetero) is 1. The van der Waals surface area contributed by atoms with E-state index in [-0.39, 0.29) is 17.6 Å². The van der Waals surface area contributed by atoms with Crippen molar-refractivity contribution in [2.24, 2.45) is 11.8 Å². The number of carbonyl (C=O) groups is 2. The average Bonchev–Trinajstić information content (AvgIpc) is 2.68. The molecule has 6 heteroatoms. The lowest BCUT2D eigenvalue weighted by Crippen LogP contribution is -2.42. The molecule has 2 saturated heterocycles. The molecular formula is C21H31N3O3. The van der Waals surface area contributed by atoms with Crippen molar-refractivity contribution in [1.29, 1.82) is 0 Å². The minimum Gasteiger partial charge on any atom is -0.381 e. The Bertz CT molecular complexity index is 639. The highest BCUT2D eigenvalue weighted by molar-refractivity contribution is 5.94. The van der Waals surface area contributed by atoms with Gasteiger partial charge in [-0.3, -0.25) is 9.59 Å². The number of pyridine rings is 1. The van der Waals surface area contributed by atoms with E-state index < -0.39 is 0 Å². The van der Waals surface area contributed by atoms with Gasteiger partial charge in [-0.05, 0) is 43.7 Å². The van der Waals surface area contributed by atoms with Crippen LogP contribution >= 0.6 is 0 Å². The van der Waals surface area contributed by atoms with E-state index >= 15 is 0 Å². The second-order valence-corrected chi connectivity index (χ2v) is 8.12. The van der Waals surface area contributed by atoms with E-state index in [1.807, 2.05) is 17.0 Å². The lowest BCUT2D eigenvalue weighted by Gasteiger charge is -2.32. The van der Waals surface area contributed by atoms with E-state index in [1.54, 1.807) is 6.20 Å². The summed E-state index contributed by atoms with van der Waals surface area (Å²) in [7, 11) is 0. The molecule has 3 rings (SSSR count). The van der Waals surface area contributed by atoms with Crippen LogP contribution in [0.15, 0.2) is 18.3 Å². The van der Waals surface area contributed by atoms with E-state index in [9.17, 15) is 9.59 Å². The summed E-state index contributed by atoms with van der Waals surface area (Å²) in [5, 5.41) is 3.41. The molecular weight excluding hydrogens is 342 g/mol. The predicted molar refractivity (Wildman–Crippen MR) is 105 cm³/mol. The molecule has 1 N–H and O–H groups in total. The van der Waals surface area contributed by atoms with Gasteiger partial charge in [0.2, 0.25) is 0 Å². The summed E-state index contributed by atoms with van der Waals surface area (Å²) < 4.78 is 5.37. The van der Waals surface area contributed by atoms with Gasteiger partial charge in [-0.25, -0.2) is 4.98 Å². The lowest BCUT2D eigenvalue weighted by molar-refractivity contribution is -0.124. The molecule has 6 nitrogen and oxygen atoms in total. The second-order valence-electron chi connectivity index (χ2n) is 8.12. The number of ether oxygens (including phenoxy) is 1. The van der Waals surface area contributed by atoms with Gasteiger partial charge >= 0.3 is 0 Å². The van der Waals surface area contributed by atoms with Crippen LogP contribution in [0.2, 0.25) is 0 Å². The third kappa shape index (κ3) is 5.51. The SMILES string of the molecule is CC(C)CC(=O)C1CCCN(C(=O)c2ccc(NC3CCOCC3)nc2)C1. The molecule has 1 aromatic rings. The van der Waals surface area contributed by atoms with Gasteiger partial charge < -0.3 is 15.0 Å². The number of nitrogens with zero attached hydrogens (tertiary/aromatic N) is 2. The molecule has 0 saturated carbocycles. The summed E-state index contributed by atoms with van der Waals surface area (Å²) >= 11 is 0. The number of ketones is 1. The first-order valence-electron chi connectivity index (χ1n) is 10.1. The zero-order chi connectivity index (χ0) is 19.2. The van der Waals surface area contributed by atoms with Crippen molar-refractivity contribution in [1.82, 2.24) is 9.88 Å². The highest BCUT2D eigenvalue weighted by Crippen LogP contribution is 2.22. The van der Waals surface area contributed by atoms with Gasteiger partial charge in [0, 0.05) is 50.9 Å². The Morgan fingerprint density at radius 2 is 2.04 bits per heavy atom. The maximum atomic E-state index is 12.8. The van der Waals surface area contributed by atoms with Gasteiger partial charge in [0.15, 0.2) is 0 Å². The zero-order valence-corrected chi connectivity index (χ0v) is 16.4. The van der Waals surface area contributed by atoms with Crippen LogP contribution in [0, 0.1) is 11.8 Å². The van der Waals surface area contributed by atoms with Gasteiger partial charge in [0.1, 0.15) is 11.6 Å². The number of hydrogen-bond acceptors (Lipinski definition) is 5. The average molecular weight is 373 g/mol. The molecule has 2 aliphatic heterocycles. The van der Waals surface area contributed by atoms with Gasteiger partial charge in [0.25, 0.3) is 5.91 Å². The number of amides is 1. The van der Waals surface area contributed by atoms with Crippen LogP contribution in [0.25, 0.3) is 0 Å². The Labute approximate surface area is 161 Å². The Hall–Kier alpha value is -1.95. The predicted octanol–water partition coefficient (Wildman–Crippen LogP) is 3.14. The van der Waals surface area contributed by atoms with Crippen LogP contribution in [-0.4, -0.2) is 53.9 Å². The molecule has 1 unspecified atom stereocenters. The fourth-order valence-electron chi connectivity index (χ4n) is 3.83. The molecule has 0 aliphatic carbocycles. The van der Waals surface area contributed by atoms with Crippen molar-refractivity contribution < 1.29 is 14.3 Å². The Morgan fingerprint density at radius 1 is 1.26 bits per heavy atom. The number of piperidine rings is 1. The normalized spacial score (nSPS) is 21.3. The highest BCUT2D eigenvalue weighted by Gasteiger charge is 2.29. The fourth-order valence-corrected chi connectivity index (χ4v) is 3.83. The third-order valence-corrected chi connectivity index (χ3v) is 5.36. The highest BCUT2D eigenvalue weighted by atomic mass is 16.5. The van der Waals surface area contributed by atoms with Gasteiger partial charge in [-0.1, -0.05) is 13.8 Å². The molecule has 0 bridgehead atoms. The number of hydrogen-bond donors (Lipinski definition) is 1. The van der Waals surface area contributed by atoms with Crippen molar-refractivity contribution in [2.45, 2.75) is 52.0 Å². The summed E-state index contributed by atoms with van der Waals surface area (Å²) in [4.78, 5) is 31.4. The quantitative estimate of drug-likeness (QED) is 0.829. The first-order valence-corrected chi connectivity index (χ1v) is 10.1. The molecule has 1 amide bonds. The summed E-state index contributed by atoms with van der Waals surface area (Å²) in [5.74, 6) is 1.40. The molecule has 2 fully saturated rings. The number of anilines is 1. The van der Waals surface area contributed by atoms with Crippen LogP contribution in [-0.2, 0) is 9.53 Å². The van der Waals surface area contributed by atoms with Gasteiger partial charge in [-0.2, -0.15) is 0 Å². The van der Waals surface area contributed by atoms with E-state index in [0.717, 1.165) is 44.7 Å². The van der Waals surface area contributed by atoms with Gasteiger partial charge in [0.05, 0.1) is 5.56 Å². The maximum Gasteiger partial charge on any atom is 0.255 e. The number of nitrogens with one attached hydrogen (secondary N) is 1. The molecule has 1 atom stereocenters. The topological polar surface area (TPSA) is 71.5 Å². The molecule has 27 heavy (non-hydrogen) atoms. The zero-order valence-electron chi connectivity index (χ0n) is 16.4. The van der Waals surface area contributed by atoms with Crippen LogP contribution < -0.4 is 5.32 Å². The number of likely N-dealkylation sites (tertiary alicyclic amines) is 1. The van der Waals surface area contributed by atoms with E-state index in [4.69, 9.17) is 4.74 Å². The molecule has 2 aliphatic rings. The Morgan fingerprint density at radius 3 is 2.70 bits per heavy atom. The molecule has 1 aromatic heterocycles. The van der Waals surface area contributed by atoms with Crippen molar-refractivity contribution in [2.75, 3.05) is 31.6 Å². The van der Waals surface area contributed by atoms with Crippen molar-refractivity contribution in [3.05, 3.63) is 23.9 Å². The lowest BCUT2D eigenvalue weighted by atomic mass is 9.89. The minimum atomic E-state index is -0.0258. The Balaban J connectivity index is 1.57. The van der Waals surface area contributed by atoms with E-state index in [0.29, 0.717) is 37.0 Å². The summed E-state index contributed by atoms with van der Waals surface area (Å²) in [6.07, 6.45) is 5.97. The summed E-state index contributed by atoms with van der Waals surface area (Å²) in [6.45, 7) is 6.93. The van der Waals surface area contributed by atoms with Crippen LogP contribution in [0.5, 0.6) is 0 Å². The molecule has 3 heterocycles. The van der Waals surface area contributed by atoms with Crippen molar-refractivity contribution in [3.63, 3.8) is 0 Å². The first kappa shape index (κ1) is 19.8. The van der Waals surface area contributed by atoms with E-state index in [1.165, 1.54) is 0 Å². The van der Waals surface area contributed by atoms with Crippen LogP contribution in [0.3, 0.4) is 0 Å². The smallest absolute Gasteiger partial charge is 0.255 e. The van der Waals surface area contributed by atoms with Crippen molar-refractivity contribution in [3.8, 4) is 0 Å². The molecule has 0 spiro atoms. The maximum absolute atomic E-state index is 12.8. The molecule has 0 aromatic carbocycles. The largest absolute Gasteiger partial charge is 0.381 e. The third-order valence-electron chi connectivity index (χ3n) is 5.36. The number of carbonyl (C=O) groups excluding carboxylic acids is 2. The number of rotatable bonds is 6. The standard InChI is InChI=1S/C21H31N3O3/c1-15(2)12-19(25)17-4-3-9-24(14-17)21(26)16-5-6-20(22-13-16)23-18-7-10-27-11-8-18/h5-6,13,15,17-18H,3-4,7-12,14H2,1-2H3,(H,22,23). The molecule has 0 radical (unpaired) electrons. The number of aromatic nitrogens is 1. The Kier molecular flexibility index (Phi) is 6.83. The fraction of sp³-hybridized carbons (Fsp3) is 0.667. The minimum absolute atomic E-state index is 0.0208. The monoisotopic (exact) mass is 373 g/mol. The second kappa shape index (κ2) is 9.31. The van der Waals surface area contributed by atoms with Gasteiger partial charge in [-0.15, -0.1) is 0 Å². The summed E-state index contributed by atoms with van der Waals surface area (Å²) in [6, 6.07) is 4.08. The van der Waals surface area contributed by atoms with E-state index in [2.05, 4.69) is 24.1 Å². The summed E-state index contributed by atoms with van der Waals surface area (Å²) in [5.41, 5.74) is 0.587. The molecule has 148 valence electrons.